The van der Waals surface area contributed by atoms with Crippen LogP contribution in [0, 0.1) is 0 Å². The van der Waals surface area contributed by atoms with E-state index in [1.165, 1.54) is 12.2 Å². The summed E-state index contributed by atoms with van der Waals surface area (Å²) >= 11 is 0. The first-order valence-electron chi connectivity index (χ1n) is 12.0. The summed E-state index contributed by atoms with van der Waals surface area (Å²) in [5.74, 6) is -0.824. The SMILES string of the molecule is CC(C)(C)OC(=O)/C=C/c1ccc2oc(/C=C/C(=O)OC(C)(C)C)c(CCC(=O)OC(C)(C)C)c2c1. The number of esters is 3. The van der Waals surface area contributed by atoms with Gasteiger partial charge in [-0.1, -0.05) is 6.07 Å². The molecule has 0 unspecified atom stereocenters. The lowest BCUT2D eigenvalue weighted by atomic mass is 10.0. The van der Waals surface area contributed by atoms with Crippen LogP contribution < -0.4 is 0 Å². The number of aryl methyl sites for hydroxylation is 1. The van der Waals surface area contributed by atoms with E-state index >= 15 is 0 Å². The Morgan fingerprint density at radius 1 is 0.778 bits per heavy atom. The third-order valence-corrected chi connectivity index (χ3v) is 4.44. The fourth-order valence-electron chi connectivity index (χ4n) is 3.28. The smallest absolute Gasteiger partial charge is 0.331 e. The van der Waals surface area contributed by atoms with Gasteiger partial charge in [0, 0.05) is 29.5 Å². The van der Waals surface area contributed by atoms with Crippen LogP contribution in [-0.2, 0) is 35.0 Å². The molecule has 0 aliphatic carbocycles. The van der Waals surface area contributed by atoms with E-state index < -0.39 is 28.7 Å². The van der Waals surface area contributed by atoms with Gasteiger partial charge in [0.05, 0.1) is 0 Å². The second kappa shape index (κ2) is 11.1. The number of hydrogen-bond acceptors (Lipinski definition) is 7. The van der Waals surface area contributed by atoms with Gasteiger partial charge in [-0.3, -0.25) is 4.79 Å². The molecule has 0 N–H and O–H groups in total. The summed E-state index contributed by atoms with van der Waals surface area (Å²) in [6, 6.07) is 5.46. The van der Waals surface area contributed by atoms with Crippen LogP contribution in [0.1, 0.15) is 85.6 Å². The Kier molecular flexibility index (Phi) is 8.94. The first-order chi connectivity index (χ1) is 16.4. The highest BCUT2D eigenvalue weighted by molar-refractivity contribution is 5.92. The predicted molar refractivity (Wildman–Crippen MR) is 140 cm³/mol. The van der Waals surface area contributed by atoms with Gasteiger partial charge in [-0.25, -0.2) is 9.59 Å². The van der Waals surface area contributed by atoms with Crippen molar-refractivity contribution in [3.8, 4) is 0 Å². The molecule has 0 amide bonds. The summed E-state index contributed by atoms with van der Waals surface area (Å²) in [4.78, 5) is 36.7. The number of hydrogen-bond donors (Lipinski definition) is 0. The minimum Gasteiger partial charge on any atom is -0.460 e. The van der Waals surface area contributed by atoms with E-state index in [2.05, 4.69) is 0 Å². The Morgan fingerprint density at radius 2 is 1.31 bits per heavy atom. The van der Waals surface area contributed by atoms with Crippen LogP contribution in [0.15, 0.2) is 34.8 Å². The van der Waals surface area contributed by atoms with Gasteiger partial charge >= 0.3 is 17.9 Å². The van der Waals surface area contributed by atoms with E-state index in [1.54, 1.807) is 59.8 Å². The van der Waals surface area contributed by atoms with Crippen molar-refractivity contribution in [3.63, 3.8) is 0 Å². The van der Waals surface area contributed by atoms with Gasteiger partial charge in [-0.05, 0) is 98.6 Å². The van der Waals surface area contributed by atoms with Crippen LogP contribution in [0.5, 0.6) is 0 Å². The van der Waals surface area contributed by atoms with Crippen LogP contribution in [-0.4, -0.2) is 34.7 Å². The number of carbonyl (C=O) groups is 3. The predicted octanol–water partition coefficient (Wildman–Crippen LogP) is 6.42. The minimum atomic E-state index is -0.621. The summed E-state index contributed by atoms with van der Waals surface area (Å²) in [7, 11) is 0. The van der Waals surface area contributed by atoms with Crippen molar-refractivity contribution in [1.82, 2.24) is 0 Å². The second-order valence-corrected chi connectivity index (χ2v) is 11.5. The summed E-state index contributed by atoms with van der Waals surface area (Å²) in [6.07, 6.45) is 6.37. The van der Waals surface area contributed by atoms with Gasteiger partial charge in [0.15, 0.2) is 0 Å². The lowest BCUT2D eigenvalue weighted by Gasteiger charge is -2.19. The van der Waals surface area contributed by atoms with E-state index in [4.69, 9.17) is 18.6 Å². The van der Waals surface area contributed by atoms with Crippen molar-refractivity contribution in [1.29, 1.82) is 0 Å². The fraction of sp³-hybridized carbons (Fsp3) is 0.483. The number of rotatable bonds is 7. The van der Waals surface area contributed by atoms with Crippen molar-refractivity contribution in [2.24, 2.45) is 0 Å². The van der Waals surface area contributed by atoms with Gasteiger partial charge < -0.3 is 18.6 Å². The lowest BCUT2D eigenvalue weighted by molar-refractivity contribution is -0.155. The molecule has 0 aliphatic heterocycles. The third kappa shape index (κ3) is 10.1. The zero-order chi connectivity index (χ0) is 27.3. The maximum absolute atomic E-state index is 12.4. The van der Waals surface area contributed by atoms with Gasteiger partial charge in [-0.2, -0.15) is 0 Å². The lowest BCUT2D eigenvalue weighted by Crippen LogP contribution is -2.24. The summed E-state index contributed by atoms with van der Waals surface area (Å²) in [5.41, 5.74) is 0.310. The average Bonchev–Trinajstić information content (AvgIpc) is 3.02. The molecule has 7 nitrogen and oxygen atoms in total. The molecule has 2 aromatic rings. The number of carbonyl (C=O) groups excluding carboxylic acids is 3. The number of ether oxygens (including phenoxy) is 3. The van der Waals surface area contributed by atoms with Crippen molar-refractivity contribution in [3.05, 3.63) is 47.2 Å². The van der Waals surface area contributed by atoms with Crippen molar-refractivity contribution in [2.45, 2.75) is 92.0 Å². The van der Waals surface area contributed by atoms with E-state index in [9.17, 15) is 14.4 Å². The van der Waals surface area contributed by atoms with Gasteiger partial charge in [0.25, 0.3) is 0 Å². The zero-order valence-corrected chi connectivity index (χ0v) is 22.8. The molecule has 7 heteroatoms. The topological polar surface area (TPSA) is 92.0 Å². The highest BCUT2D eigenvalue weighted by Gasteiger charge is 2.20. The monoisotopic (exact) mass is 498 g/mol. The molecule has 0 saturated carbocycles. The van der Waals surface area contributed by atoms with Crippen LogP contribution in [0.25, 0.3) is 23.1 Å². The molecule has 0 spiro atoms. The molecule has 0 aliphatic rings. The molecular weight excluding hydrogens is 460 g/mol. The molecule has 1 aromatic heterocycles. The summed E-state index contributed by atoms with van der Waals surface area (Å²) < 4.78 is 22.1. The van der Waals surface area contributed by atoms with E-state index in [0.29, 0.717) is 17.8 Å². The highest BCUT2D eigenvalue weighted by Crippen LogP contribution is 2.30. The van der Waals surface area contributed by atoms with Gasteiger partial charge in [0.2, 0.25) is 0 Å². The second-order valence-electron chi connectivity index (χ2n) is 11.5. The number of benzene rings is 1. The molecule has 0 bridgehead atoms. The first-order valence-corrected chi connectivity index (χ1v) is 12.0. The maximum Gasteiger partial charge on any atom is 0.331 e. The van der Waals surface area contributed by atoms with Crippen LogP contribution >= 0.6 is 0 Å². The molecule has 0 atom stereocenters. The molecule has 0 radical (unpaired) electrons. The largest absolute Gasteiger partial charge is 0.460 e. The molecule has 0 saturated heterocycles. The van der Waals surface area contributed by atoms with E-state index in [0.717, 1.165) is 16.5 Å². The van der Waals surface area contributed by atoms with Gasteiger partial charge in [0.1, 0.15) is 28.1 Å². The molecule has 0 fully saturated rings. The summed E-state index contributed by atoms with van der Waals surface area (Å²) in [5, 5.41) is 0.772. The Bertz CT molecular complexity index is 1160. The van der Waals surface area contributed by atoms with E-state index in [-0.39, 0.29) is 12.4 Å². The third-order valence-electron chi connectivity index (χ3n) is 4.44. The molecule has 1 aromatic carbocycles. The van der Waals surface area contributed by atoms with Crippen LogP contribution in [0.2, 0.25) is 0 Å². The minimum absolute atomic E-state index is 0.136. The average molecular weight is 499 g/mol. The Morgan fingerprint density at radius 3 is 1.83 bits per heavy atom. The normalized spacial score (nSPS) is 12.9. The quantitative estimate of drug-likeness (QED) is 0.247. The molecular formula is C29H38O7. The van der Waals surface area contributed by atoms with Gasteiger partial charge in [-0.15, -0.1) is 0 Å². The molecule has 2 rings (SSSR count). The Labute approximate surface area is 213 Å². The maximum atomic E-state index is 12.4. The molecule has 196 valence electrons. The summed E-state index contributed by atoms with van der Waals surface area (Å²) in [6.45, 7) is 16.2. The number of fused-ring (bicyclic) bond motifs is 1. The Balaban J connectivity index is 2.39. The fourth-order valence-corrected chi connectivity index (χ4v) is 3.28. The number of furan rings is 1. The highest BCUT2D eigenvalue weighted by atomic mass is 16.6. The van der Waals surface area contributed by atoms with E-state index in [1.807, 2.05) is 32.9 Å². The van der Waals surface area contributed by atoms with Crippen LogP contribution in [0.3, 0.4) is 0 Å². The van der Waals surface area contributed by atoms with Crippen molar-refractivity contribution in [2.75, 3.05) is 0 Å². The van der Waals surface area contributed by atoms with Crippen molar-refractivity contribution < 1.29 is 33.0 Å². The standard InChI is InChI=1S/C29H38O7/c1-27(2,3)34-24(30)15-11-19-10-13-23-21(18-19)20(12-16-25(31)35-28(4,5)6)22(33-23)14-17-26(32)36-29(7,8)9/h10-11,13-15,17-18H,12,16H2,1-9H3/b15-11+,17-14+. The molecule has 1 heterocycles. The molecule has 36 heavy (non-hydrogen) atoms. The van der Waals surface area contributed by atoms with Crippen molar-refractivity contribution >= 4 is 41.0 Å². The first kappa shape index (κ1) is 28.9. The zero-order valence-electron chi connectivity index (χ0n) is 22.8. The van der Waals surface area contributed by atoms with Crippen LogP contribution in [0.4, 0.5) is 0 Å². The Hall–Kier alpha value is -3.35.